The van der Waals surface area contributed by atoms with Crippen molar-refractivity contribution in [3.8, 4) is 0 Å². The first kappa shape index (κ1) is 16.7. The van der Waals surface area contributed by atoms with Gasteiger partial charge in [0.25, 0.3) is 15.9 Å². The summed E-state index contributed by atoms with van der Waals surface area (Å²) in [5.41, 5.74) is 1.90. The first-order valence-electron chi connectivity index (χ1n) is 8.41. The van der Waals surface area contributed by atoms with Crippen molar-refractivity contribution < 1.29 is 13.2 Å². The number of hydrogen-bond donors (Lipinski definition) is 2. The molecule has 0 spiro atoms. The highest BCUT2D eigenvalue weighted by molar-refractivity contribution is 7.90. The number of aromatic amines is 1. The van der Waals surface area contributed by atoms with E-state index in [-0.39, 0.29) is 10.6 Å². The van der Waals surface area contributed by atoms with Crippen molar-refractivity contribution >= 4 is 26.7 Å². The minimum absolute atomic E-state index is 0.0449. The van der Waals surface area contributed by atoms with Gasteiger partial charge in [0.2, 0.25) is 0 Å². The van der Waals surface area contributed by atoms with Crippen LogP contribution in [0.1, 0.15) is 35.1 Å². The monoisotopic (exact) mass is 370 g/mol. The fourth-order valence-electron chi connectivity index (χ4n) is 3.41. The van der Waals surface area contributed by atoms with Crippen LogP contribution in [-0.4, -0.2) is 29.5 Å². The summed E-state index contributed by atoms with van der Waals surface area (Å²) in [6.45, 7) is 2.11. The minimum Gasteiger partial charge on any atom is -0.281 e. The van der Waals surface area contributed by atoms with Crippen molar-refractivity contribution in [2.75, 3.05) is 0 Å². The van der Waals surface area contributed by atoms with Gasteiger partial charge in [-0.15, -0.1) is 0 Å². The predicted octanol–water partition coefficient (Wildman–Crippen LogP) is 2.20. The molecule has 2 heterocycles. The maximum Gasteiger partial charge on any atom is 0.285 e. The number of rotatable bonds is 3. The third-order valence-corrected chi connectivity index (χ3v) is 6.15. The van der Waals surface area contributed by atoms with E-state index in [0.29, 0.717) is 23.1 Å². The molecule has 1 atom stereocenters. The molecule has 26 heavy (non-hydrogen) atoms. The van der Waals surface area contributed by atoms with Crippen LogP contribution in [0.5, 0.6) is 0 Å². The number of carbonyl (C=O) groups excluding carboxylic acids is 1. The van der Waals surface area contributed by atoms with E-state index in [1.165, 1.54) is 12.3 Å². The maximum atomic E-state index is 12.8. The van der Waals surface area contributed by atoms with Gasteiger partial charge in [0.15, 0.2) is 5.69 Å². The standard InChI is InChI=1S/C18H18N4O3S/c1-11-5-6-15-14(9-11)17(21-20-15)18(23)22-26(24,25)16-4-2-3-12-10-19-8-7-13(12)16/h2-4,7-8,10-11H,5-6,9H2,1H3,(H,20,21)(H,22,23). The van der Waals surface area contributed by atoms with Gasteiger partial charge in [-0.2, -0.15) is 5.10 Å². The molecule has 0 saturated heterocycles. The molecule has 0 fully saturated rings. The molecule has 2 N–H and O–H groups in total. The van der Waals surface area contributed by atoms with Gasteiger partial charge >= 0.3 is 0 Å². The molecule has 2 aromatic heterocycles. The van der Waals surface area contributed by atoms with Crippen molar-refractivity contribution in [2.45, 2.75) is 31.1 Å². The predicted molar refractivity (Wildman–Crippen MR) is 96.2 cm³/mol. The average molecular weight is 370 g/mol. The molecular formula is C18H18N4O3S. The van der Waals surface area contributed by atoms with Gasteiger partial charge in [-0.3, -0.25) is 14.9 Å². The first-order chi connectivity index (χ1) is 12.5. The van der Waals surface area contributed by atoms with E-state index in [1.807, 2.05) is 0 Å². The van der Waals surface area contributed by atoms with Gasteiger partial charge in [0.1, 0.15) is 0 Å². The van der Waals surface area contributed by atoms with Gasteiger partial charge in [0, 0.05) is 34.4 Å². The van der Waals surface area contributed by atoms with Crippen LogP contribution in [0.25, 0.3) is 10.8 Å². The Hall–Kier alpha value is -2.74. The fourth-order valence-corrected chi connectivity index (χ4v) is 4.59. The normalized spacial score (nSPS) is 17.0. The molecule has 4 rings (SSSR count). The lowest BCUT2D eigenvalue weighted by Gasteiger charge is -2.18. The summed E-state index contributed by atoms with van der Waals surface area (Å²) < 4.78 is 27.8. The van der Waals surface area contributed by atoms with Gasteiger partial charge in [-0.05, 0) is 37.3 Å². The van der Waals surface area contributed by atoms with Crippen molar-refractivity contribution in [1.29, 1.82) is 0 Å². The first-order valence-corrected chi connectivity index (χ1v) is 9.90. The Kier molecular flexibility index (Phi) is 3.99. The van der Waals surface area contributed by atoms with Crippen LogP contribution in [0.2, 0.25) is 0 Å². The summed E-state index contributed by atoms with van der Waals surface area (Å²) in [6, 6.07) is 6.49. The molecule has 1 unspecified atom stereocenters. The van der Waals surface area contributed by atoms with Crippen LogP contribution in [0, 0.1) is 5.92 Å². The Balaban J connectivity index is 1.68. The number of benzene rings is 1. The quantitative estimate of drug-likeness (QED) is 0.735. The number of amides is 1. The number of pyridine rings is 1. The largest absolute Gasteiger partial charge is 0.285 e. The van der Waals surface area contributed by atoms with E-state index >= 15 is 0 Å². The zero-order valence-electron chi connectivity index (χ0n) is 14.2. The summed E-state index contributed by atoms with van der Waals surface area (Å²) in [5.74, 6) is -0.267. The lowest BCUT2D eigenvalue weighted by molar-refractivity contribution is 0.0975. The van der Waals surface area contributed by atoms with Gasteiger partial charge in [-0.25, -0.2) is 13.1 Å². The molecule has 0 bridgehead atoms. The second kappa shape index (κ2) is 6.21. The molecule has 0 aliphatic heterocycles. The molecule has 1 amide bonds. The van der Waals surface area contributed by atoms with E-state index in [1.54, 1.807) is 24.4 Å². The van der Waals surface area contributed by atoms with Crippen LogP contribution in [0.15, 0.2) is 41.6 Å². The summed E-state index contributed by atoms with van der Waals surface area (Å²) in [6.07, 6.45) is 5.67. The summed E-state index contributed by atoms with van der Waals surface area (Å²) >= 11 is 0. The molecule has 0 saturated carbocycles. The second-order valence-electron chi connectivity index (χ2n) is 6.66. The summed E-state index contributed by atoms with van der Waals surface area (Å²) in [5, 5.41) is 8.13. The third kappa shape index (κ3) is 2.86. The van der Waals surface area contributed by atoms with Crippen LogP contribution in [0.4, 0.5) is 0 Å². The van der Waals surface area contributed by atoms with Gasteiger partial charge < -0.3 is 0 Å². The van der Waals surface area contributed by atoms with Gasteiger partial charge in [-0.1, -0.05) is 19.1 Å². The third-order valence-electron chi connectivity index (χ3n) is 4.76. The Morgan fingerprint density at radius 1 is 1.31 bits per heavy atom. The number of carbonyl (C=O) groups is 1. The SMILES string of the molecule is CC1CCc2[nH]nc(C(=O)NS(=O)(=O)c3cccc4cnccc34)c2C1. The zero-order chi connectivity index (χ0) is 18.3. The summed E-state index contributed by atoms with van der Waals surface area (Å²) in [7, 11) is -4.03. The smallest absolute Gasteiger partial charge is 0.281 e. The van der Waals surface area contributed by atoms with Crippen molar-refractivity contribution in [3.05, 3.63) is 53.6 Å². The van der Waals surface area contributed by atoms with E-state index in [4.69, 9.17) is 0 Å². The number of hydrogen-bond acceptors (Lipinski definition) is 5. The fraction of sp³-hybridized carbons (Fsp3) is 0.278. The van der Waals surface area contributed by atoms with Crippen LogP contribution in [-0.2, 0) is 22.9 Å². The van der Waals surface area contributed by atoms with Crippen LogP contribution < -0.4 is 4.72 Å². The molecule has 134 valence electrons. The molecule has 7 nitrogen and oxygen atoms in total. The Morgan fingerprint density at radius 3 is 3.00 bits per heavy atom. The van der Waals surface area contributed by atoms with Crippen LogP contribution >= 0.6 is 0 Å². The second-order valence-corrected chi connectivity index (χ2v) is 8.32. The highest BCUT2D eigenvalue weighted by Gasteiger charge is 2.28. The van der Waals surface area contributed by atoms with Crippen LogP contribution in [0.3, 0.4) is 0 Å². The number of aryl methyl sites for hydroxylation is 1. The highest BCUT2D eigenvalue weighted by atomic mass is 32.2. The number of nitrogens with zero attached hydrogens (tertiary/aromatic N) is 2. The van der Waals surface area contributed by atoms with E-state index in [0.717, 1.165) is 24.1 Å². The lowest BCUT2D eigenvalue weighted by atomic mass is 9.88. The molecule has 1 aliphatic rings. The van der Waals surface area contributed by atoms with E-state index in [2.05, 4.69) is 26.8 Å². The number of sulfonamides is 1. The minimum atomic E-state index is -4.03. The topological polar surface area (TPSA) is 105 Å². The Morgan fingerprint density at radius 2 is 2.15 bits per heavy atom. The number of aromatic nitrogens is 3. The molecular weight excluding hydrogens is 352 g/mol. The Bertz CT molecular complexity index is 1100. The van der Waals surface area contributed by atoms with Crippen molar-refractivity contribution in [1.82, 2.24) is 19.9 Å². The summed E-state index contributed by atoms with van der Waals surface area (Å²) in [4.78, 5) is 16.7. The molecule has 3 aromatic rings. The number of nitrogens with one attached hydrogen (secondary N) is 2. The maximum absolute atomic E-state index is 12.8. The number of H-pyrrole nitrogens is 1. The molecule has 1 aliphatic carbocycles. The van der Waals surface area contributed by atoms with E-state index in [9.17, 15) is 13.2 Å². The van der Waals surface area contributed by atoms with E-state index < -0.39 is 15.9 Å². The Labute approximate surface area is 150 Å². The zero-order valence-corrected chi connectivity index (χ0v) is 15.0. The highest BCUT2D eigenvalue weighted by Crippen LogP contribution is 2.27. The average Bonchev–Trinajstić information content (AvgIpc) is 3.04. The van der Waals surface area contributed by atoms with Gasteiger partial charge in [0.05, 0.1) is 4.90 Å². The molecule has 0 radical (unpaired) electrons. The van der Waals surface area contributed by atoms with Crippen molar-refractivity contribution in [3.63, 3.8) is 0 Å². The molecule has 8 heteroatoms. The number of fused-ring (bicyclic) bond motifs is 2. The molecule has 1 aromatic carbocycles. The van der Waals surface area contributed by atoms with Crippen molar-refractivity contribution in [2.24, 2.45) is 5.92 Å². The lowest BCUT2D eigenvalue weighted by Crippen LogP contribution is -2.32.